The molecule has 0 radical (unpaired) electrons. The number of rotatable bonds is 8. The van der Waals surface area contributed by atoms with Gasteiger partial charge in [0, 0.05) is 5.57 Å². The minimum absolute atomic E-state index is 0.266. The predicted molar refractivity (Wildman–Crippen MR) is 63.7 cm³/mol. The molecular formula is C13H24O2. The van der Waals surface area contributed by atoms with Gasteiger partial charge in [0.25, 0.3) is 0 Å². The molecule has 0 N–H and O–H groups in total. The standard InChI is InChI=1S/C13H24O2/c1-11(2)9-7-5-6-8-10-12(3)13(14)15-4/h11H,3,5-10H2,1-2,4H3. The van der Waals surface area contributed by atoms with E-state index in [4.69, 9.17) is 0 Å². The molecule has 0 saturated carbocycles. The van der Waals surface area contributed by atoms with Crippen LogP contribution in [0.5, 0.6) is 0 Å². The summed E-state index contributed by atoms with van der Waals surface area (Å²) in [6, 6.07) is 0. The number of carbonyl (C=O) groups is 1. The first-order valence-electron chi connectivity index (χ1n) is 5.84. The molecule has 0 heterocycles. The first kappa shape index (κ1) is 14.2. The highest BCUT2D eigenvalue weighted by molar-refractivity contribution is 5.87. The largest absolute Gasteiger partial charge is 0.466 e. The van der Waals surface area contributed by atoms with Gasteiger partial charge in [-0.1, -0.05) is 46.1 Å². The molecule has 88 valence electrons. The molecule has 0 fully saturated rings. The van der Waals surface area contributed by atoms with Crippen molar-refractivity contribution < 1.29 is 9.53 Å². The van der Waals surface area contributed by atoms with Crippen LogP contribution in [0.1, 0.15) is 52.4 Å². The van der Waals surface area contributed by atoms with Crippen LogP contribution >= 0.6 is 0 Å². The number of ether oxygens (including phenoxy) is 1. The number of methoxy groups -OCH3 is 1. The van der Waals surface area contributed by atoms with Crippen LogP contribution in [0.3, 0.4) is 0 Å². The van der Waals surface area contributed by atoms with Crippen molar-refractivity contribution in [1.82, 2.24) is 0 Å². The van der Waals surface area contributed by atoms with Crippen molar-refractivity contribution >= 4 is 5.97 Å². The molecular weight excluding hydrogens is 188 g/mol. The van der Waals surface area contributed by atoms with E-state index < -0.39 is 0 Å². The minimum atomic E-state index is -0.266. The SMILES string of the molecule is C=C(CCCCCCC(C)C)C(=O)OC. The van der Waals surface area contributed by atoms with E-state index >= 15 is 0 Å². The summed E-state index contributed by atoms with van der Waals surface area (Å²) in [6.07, 6.45) is 6.86. The van der Waals surface area contributed by atoms with E-state index in [0.717, 1.165) is 18.8 Å². The molecule has 0 atom stereocenters. The van der Waals surface area contributed by atoms with E-state index in [-0.39, 0.29) is 5.97 Å². The molecule has 0 bridgehead atoms. The molecule has 0 aromatic rings. The monoisotopic (exact) mass is 212 g/mol. The zero-order chi connectivity index (χ0) is 11.7. The Labute approximate surface area is 93.7 Å². The molecule has 0 aromatic carbocycles. The first-order valence-corrected chi connectivity index (χ1v) is 5.84. The summed E-state index contributed by atoms with van der Waals surface area (Å²) < 4.78 is 4.58. The Morgan fingerprint density at radius 3 is 2.33 bits per heavy atom. The summed E-state index contributed by atoms with van der Waals surface area (Å²) in [5, 5.41) is 0. The van der Waals surface area contributed by atoms with Crippen LogP contribution in [0.15, 0.2) is 12.2 Å². The van der Waals surface area contributed by atoms with Crippen molar-refractivity contribution in [3.05, 3.63) is 12.2 Å². The molecule has 0 aliphatic rings. The summed E-state index contributed by atoms with van der Waals surface area (Å²) in [7, 11) is 1.40. The Hall–Kier alpha value is -0.790. The number of unbranched alkanes of at least 4 members (excludes halogenated alkanes) is 3. The van der Waals surface area contributed by atoms with Crippen LogP contribution in [0.4, 0.5) is 0 Å². The molecule has 0 aromatic heterocycles. The van der Waals surface area contributed by atoms with Crippen molar-refractivity contribution in [3.63, 3.8) is 0 Å². The highest BCUT2D eigenvalue weighted by Crippen LogP contribution is 2.13. The molecule has 0 aliphatic carbocycles. The Balaban J connectivity index is 3.31. The van der Waals surface area contributed by atoms with Gasteiger partial charge in [-0.05, 0) is 18.8 Å². The molecule has 0 saturated heterocycles. The van der Waals surface area contributed by atoms with E-state index in [2.05, 4.69) is 25.2 Å². The van der Waals surface area contributed by atoms with Gasteiger partial charge in [0.1, 0.15) is 0 Å². The van der Waals surface area contributed by atoms with E-state index in [0.29, 0.717) is 5.57 Å². The highest BCUT2D eigenvalue weighted by atomic mass is 16.5. The van der Waals surface area contributed by atoms with Crippen LogP contribution in [0, 0.1) is 5.92 Å². The maximum Gasteiger partial charge on any atom is 0.333 e. The maximum atomic E-state index is 11.0. The third-order valence-corrected chi connectivity index (χ3v) is 2.48. The molecule has 0 spiro atoms. The topological polar surface area (TPSA) is 26.3 Å². The fourth-order valence-corrected chi connectivity index (χ4v) is 1.49. The van der Waals surface area contributed by atoms with E-state index in [1.807, 2.05) is 0 Å². The van der Waals surface area contributed by atoms with Gasteiger partial charge in [0.15, 0.2) is 0 Å². The van der Waals surface area contributed by atoms with Crippen LogP contribution in [-0.4, -0.2) is 13.1 Å². The number of hydrogen-bond acceptors (Lipinski definition) is 2. The molecule has 15 heavy (non-hydrogen) atoms. The second-order valence-corrected chi connectivity index (χ2v) is 4.44. The quantitative estimate of drug-likeness (QED) is 0.348. The summed E-state index contributed by atoms with van der Waals surface area (Å²) in [4.78, 5) is 11.0. The molecule has 0 aliphatic heterocycles. The lowest BCUT2D eigenvalue weighted by atomic mass is 10.0. The predicted octanol–water partition coefficient (Wildman–Crippen LogP) is 3.71. The molecule has 2 nitrogen and oxygen atoms in total. The van der Waals surface area contributed by atoms with Crippen LogP contribution in [0.2, 0.25) is 0 Å². The van der Waals surface area contributed by atoms with Gasteiger partial charge in [-0.3, -0.25) is 0 Å². The molecule has 0 rings (SSSR count). The summed E-state index contributed by atoms with van der Waals surface area (Å²) in [5.41, 5.74) is 0.598. The Morgan fingerprint density at radius 2 is 1.80 bits per heavy atom. The van der Waals surface area contributed by atoms with Gasteiger partial charge in [0.2, 0.25) is 0 Å². The second kappa shape index (κ2) is 8.51. The highest BCUT2D eigenvalue weighted by Gasteiger charge is 2.05. The van der Waals surface area contributed by atoms with Crippen LogP contribution in [-0.2, 0) is 9.53 Å². The Kier molecular flexibility index (Phi) is 8.06. The van der Waals surface area contributed by atoms with Crippen molar-refractivity contribution in [2.24, 2.45) is 5.92 Å². The van der Waals surface area contributed by atoms with Gasteiger partial charge in [-0.25, -0.2) is 4.79 Å². The summed E-state index contributed by atoms with van der Waals surface area (Å²) >= 11 is 0. The van der Waals surface area contributed by atoms with Gasteiger partial charge in [0.05, 0.1) is 7.11 Å². The molecule has 0 amide bonds. The average Bonchev–Trinajstić information content (AvgIpc) is 2.21. The first-order chi connectivity index (χ1) is 7.07. The van der Waals surface area contributed by atoms with Gasteiger partial charge in [-0.15, -0.1) is 0 Å². The molecule has 2 heteroatoms. The van der Waals surface area contributed by atoms with Gasteiger partial charge in [-0.2, -0.15) is 0 Å². The van der Waals surface area contributed by atoms with Gasteiger partial charge >= 0.3 is 5.97 Å². The number of esters is 1. The zero-order valence-corrected chi connectivity index (χ0v) is 10.3. The van der Waals surface area contributed by atoms with E-state index in [1.54, 1.807) is 0 Å². The molecule has 0 unspecified atom stereocenters. The lowest BCUT2D eigenvalue weighted by Crippen LogP contribution is -2.03. The number of carbonyl (C=O) groups excluding carboxylic acids is 1. The van der Waals surface area contributed by atoms with Crippen molar-refractivity contribution in [2.45, 2.75) is 52.4 Å². The third-order valence-electron chi connectivity index (χ3n) is 2.48. The lowest BCUT2D eigenvalue weighted by Gasteiger charge is -2.05. The van der Waals surface area contributed by atoms with Crippen molar-refractivity contribution in [1.29, 1.82) is 0 Å². The average molecular weight is 212 g/mol. The number of hydrogen-bond donors (Lipinski definition) is 0. The Bertz CT molecular complexity index is 195. The van der Waals surface area contributed by atoms with E-state index in [9.17, 15) is 4.79 Å². The van der Waals surface area contributed by atoms with E-state index in [1.165, 1.54) is 32.8 Å². The Morgan fingerprint density at radius 1 is 1.20 bits per heavy atom. The van der Waals surface area contributed by atoms with Crippen LogP contribution in [0.25, 0.3) is 0 Å². The smallest absolute Gasteiger partial charge is 0.333 e. The fraction of sp³-hybridized carbons (Fsp3) is 0.769. The third kappa shape index (κ3) is 8.22. The summed E-state index contributed by atoms with van der Waals surface area (Å²) in [5.74, 6) is 0.534. The van der Waals surface area contributed by atoms with Gasteiger partial charge < -0.3 is 4.74 Å². The summed E-state index contributed by atoms with van der Waals surface area (Å²) in [6.45, 7) is 8.20. The normalized spacial score (nSPS) is 10.4. The fourth-order valence-electron chi connectivity index (χ4n) is 1.49. The van der Waals surface area contributed by atoms with Crippen molar-refractivity contribution in [3.8, 4) is 0 Å². The lowest BCUT2D eigenvalue weighted by molar-refractivity contribution is -0.136. The minimum Gasteiger partial charge on any atom is -0.466 e. The van der Waals surface area contributed by atoms with Crippen molar-refractivity contribution in [2.75, 3.05) is 7.11 Å². The van der Waals surface area contributed by atoms with Crippen LogP contribution < -0.4 is 0 Å². The maximum absolute atomic E-state index is 11.0. The second-order valence-electron chi connectivity index (χ2n) is 4.44. The zero-order valence-electron chi connectivity index (χ0n) is 10.3.